The topological polar surface area (TPSA) is 87.6 Å². The standard InChI is InChI=1S/C20H22N4O3S/c25-28(26)22-7-6-15-2-1-3-16(12-15)17-4-5-18-19(13-17)23-20(14-21-18)24-8-10-27-11-9-24/h1-5,12-14,22H,6-11H2,(H,25,26). The van der Waals surface area contributed by atoms with Gasteiger partial charge in [-0.1, -0.05) is 30.3 Å². The summed E-state index contributed by atoms with van der Waals surface area (Å²) in [7, 11) is 0. The zero-order valence-corrected chi connectivity index (χ0v) is 16.2. The quantitative estimate of drug-likeness (QED) is 0.620. The van der Waals surface area contributed by atoms with E-state index in [1.807, 2.05) is 30.5 Å². The summed E-state index contributed by atoms with van der Waals surface area (Å²) in [5.41, 5.74) is 4.99. The van der Waals surface area contributed by atoms with Crippen LogP contribution in [-0.4, -0.2) is 51.6 Å². The first-order valence-electron chi connectivity index (χ1n) is 9.22. The first-order valence-corrected chi connectivity index (χ1v) is 10.3. The first-order chi connectivity index (χ1) is 13.7. The van der Waals surface area contributed by atoms with E-state index >= 15 is 0 Å². The number of rotatable bonds is 6. The second kappa shape index (κ2) is 8.74. The molecule has 28 heavy (non-hydrogen) atoms. The zero-order chi connectivity index (χ0) is 19.3. The summed E-state index contributed by atoms with van der Waals surface area (Å²) >= 11 is -1.98. The van der Waals surface area contributed by atoms with E-state index in [4.69, 9.17) is 14.3 Å². The van der Waals surface area contributed by atoms with Crippen molar-refractivity contribution < 1.29 is 13.5 Å². The van der Waals surface area contributed by atoms with Crippen molar-refractivity contribution >= 4 is 28.1 Å². The molecule has 4 rings (SSSR count). The lowest BCUT2D eigenvalue weighted by atomic mass is 10.0. The Morgan fingerprint density at radius 2 is 1.93 bits per heavy atom. The van der Waals surface area contributed by atoms with Gasteiger partial charge >= 0.3 is 0 Å². The third-order valence-electron chi connectivity index (χ3n) is 4.76. The van der Waals surface area contributed by atoms with Crippen LogP contribution >= 0.6 is 0 Å². The smallest absolute Gasteiger partial charge is 0.231 e. The van der Waals surface area contributed by atoms with Crippen molar-refractivity contribution in [1.29, 1.82) is 0 Å². The zero-order valence-electron chi connectivity index (χ0n) is 15.4. The van der Waals surface area contributed by atoms with Gasteiger partial charge < -0.3 is 9.64 Å². The lowest BCUT2D eigenvalue weighted by Crippen LogP contribution is -2.36. The molecule has 0 radical (unpaired) electrons. The number of ether oxygens (including phenoxy) is 1. The molecule has 1 unspecified atom stereocenters. The third-order valence-corrected chi connectivity index (χ3v) is 5.22. The van der Waals surface area contributed by atoms with E-state index in [1.54, 1.807) is 0 Å². The number of aromatic nitrogens is 2. The van der Waals surface area contributed by atoms with Crippen molar-refractivity contribution in [3.8, 4) is 11.1 Å². The maximum atomic E-state index is 10.7. The third kappa shape index (κ3) is 4.53. The molecule has 0 bridgehead atoms. The van der Waals surface area contributed by atoms with Gasteiger partial charge in [0.2, 0.25) is 11.3 Å². The molecule has 2 aromatic carbocycles. The Kier molecular flexibility index (Phi) is 5.92. The Balaban J connectivity index is 1.59. The molecule has 1 atom stereocenters. The van der Waals surface area contributed by atoms with Crippen molar-refractivity contribution in [3.63, 3.8) is 0 Å². The Morgan fingerprint density at radius 3 is 2.75 bits per heavy atom. The van der Waals surface area contributed by atoms with Gasteiger partial charge in [-0.05, 0) is 35.2 Å². The van der Waals surface area contributed by atoms with E-state index in [0.717, 1.165) is 46.6 Å². The average molecular weight is 398 g/mol. The maximum absolute atomic E-state index is 10.7. The van der Waals surface area contributed by atoms with Crippen LogP contribution in [0.4, 0.5) is 5.82 Å². The summed E-state index contributed by atoms with van der Waals surface area (Å²) < 4.78 is 27.5. The van der Waals surface area contributed by atoms with Gasteiger partial charge in [-0.15, -0.1) is 0 Å². The Hall–Kier alpha value is -2.39. The fraction of sp³-hybridized carbons (Fsp3) is 0.300. The molecule has 7 nitrogen and oxygen atoms in total. The number of nitrogens with zero attached hydrogens (tertiary/aromatic N) is 3. The van der Waals surface area contributed by atoms with Gasteiger partial charge in [0.1, 0.15) is 5.82 Å². The van der Waals surface area contributed by atoms with E-state index in [0.29, 0.717) is 26.2 Å². The van der Waals surface area contributed by atoms with Gasteiger partial charge in [0.25, 0.3) is 0 Å². The molecule has 146 valence electrons. The summed E-state index contributed by atoms with van der Waals surface area (Å²) in [6, 6.07) is 14.3. The summed E-state index contributed by atoms with van der Waals surface area (Å²) in [5.74, 6) is 0.879. The number of benzene rings is 2. The van der Waals surface area contributed by atoms with Crippen LogP contribution in [0.3, 0.4) is 0 Å². The molecule has 1 aromatic heterocycles. The van der Waals surface area contributed by atoms with Crippen LogP contribution in [0.25, 0.3) is 22.2 Å². The summed E-state index contributed by atoms with van der Waals surface area (Å²) in [6.07, 6.45) is 2.50. The van der Waals surface area contributed by atoms with Crippen molar-refractivity contribution in [1.82, 2.24) is 14.7 Å². The minimum absolute atomic E-state index is 0.443. The molecule has 1 fully saturated rings. The molecule has 2 heterocycles. The fourth-order valence-corrected chi connectivity index (χ4v) is 3.59. The van der Waals surface area contributed by atoms with E-state index in [9.17, 15) is 4.21 Å². The number of anilines is 1. The molecule has 8 heteroatoms. The number of hydrogen-bond donors (Lipinski definition) is 2. The van der Waals surface area contributed by atoms with E-state index in [2.05, 4.69) is 32.8 Å². The SMILES string of the molecule is O=S(O)NCCc1cccc(-c2ccc3ncc(N4CCOCC4)nc3c2)c1. The first kappa shape index (κ1) is 18.9. The van der Waals surface area contributed by atoms with Gasteiger partial charge in [0.15, 0.2) is 0 Å². The highest BCUT2D eigenvalue weighted by atomic mass is 32.2. The monoisotopic (exact) mass is 398 g/mol. The lowest BCUT2D eigenvalue weighted by Gasteiger charge is -2.27. The Bertz CT molecular complexity index is 992. The molecule has 3 aromatic rings. The molecule has 1 aliphatic heterocycles. The van der Waals surface area contributed by atoms with Gasteiger partial charge in [0.05, 0.1) is 30.4 Å². The summed E-state index contributed by atoms with van der Waals surface area (Å²) in [5, 5.41) is 0. The van der Waals surface area contributed by atoms with Crippen LogP contribution in [0.15, 0.2) is 48.7 Å². The molecule has 0 saturated carbocycles. The van der Waals surface area contributed by atoms with Crippen LogP contribution in [0.2, 0.25) is 0 Å². The van der Waals surface area contributed by atoms with E-state index < -0.39 is 11.3 Å². The molecule has 0 amide bonds. The van der Waals surface area contributed by atoms with Crippen LogP contribution < -0.4 is 9.62 Å². The second-order valence-electron chi connectivity index (χ2n) is 6.62. The minimum atomic E-state index is -1.98. The van der Waals surface area contributed by atoms with Crippen molar-refractivity contribution in [2.45, 2.75) is 6.42 Å². The Labute approximate surface area is 166 Å². The number of fused-ring (bicyclic) bond motifs is 1. The van der Waals surface area contributed by atoms with Crippen LogP contribution in [0.5, 0.6) is 0 Å². The highest BCUT2D eigenvalue weighted by molar-refractivity contribution is 7.77. The van der Waals surface area contributed by atoms with Crippen LogP contribution in [0, 0.1) is 0 Å². The molecule has 1 aliphatic rings. The average Bonchev–Trinajstić information content (AvgIpc) is 2.73. The van der Waals surface area contributed by atoms with Gasteiger partial charge in [-0.2, -0.15) is 0 Å². The van der Waals surface area contributed by atoms with Crippen molar-refractivity contribution in [2.24, 2.45) is 0 Å². The second-order valence-corrected chi connectivity index (χ2v) is 7.41. The molecule has 0 spiro atoms. The van der Waals surface area contributed by atoms with Crippen molar-refractivity contribution in [3.05, 3.63) is 54.2 Å². The van der Waals surface area contributed by atoms with Gasteiger partial charge in [-0.3, -0.25) is 9.54 Å². The largest absolute Gasteiger partial charge is 0.378 e. The number of nitrogens with one attached hydrogen (secondary N) is 1. The van der Waals surface area contributed by atoms with E-state index in [-0.39, 0.29) is 0 Å². The summed E-state index contributed by atoms with van der Waals surface area (Å²) in [4.78, 5) is 11.6. The molecule has 2 N–H and O–H groups in total. The molecular weight excluding hydrogens is 376 g/mol. The lowest BCUT2D eigenvalue weighted by molar-refractivity contribution is 0.122. The van der Waals surface area contributed by atoms with Crippen molar-refractivity contribution in [2.75, 3.05) is 37.7 Å². The predicted octanol–water partition coefficient (Wildman–Crippen LogP) is 2.40. The minimum Gasteiger partial charge on any atom is -0.378 e. The molecule has 1 saturated heterocycles. The molecule has 0 aliphatic carbocycles. The summed E-state index contributed by atoms with van der Waals surface area (Å²) in [6.45, 7) is 3.53. The van der Waals surface area contributed by atoms with E-state index in [1.165, 1.54) is 0 Å². The van der Waals surface area contributed by atoms with Gasteiger partial charge in [-0.25, -0.2) is 13.9 Å². The number of morpholine rings is 1. The fourth-order valence-electron chi connectivity index (χ4n) is 3.32. The number of hydrogen-bond acceptors (Lipinski definition) is 5. The maximum Gasteiger partial charge on any atom is 0.231 e. The normalized spacial score (nSPS) is 15.7. The van der Waals surface area contributed by atoms with Crippen LogP contribution in [-0.2, 0) is 22.4 Å². The molecular formula is C20H22N4O3S. The highest BCUT2D eigenvalue weighted by Gasteiger charge is 2.13. The Morgan fingerprint density at radius 1 is 1.11 bits per heavy atom. The predicted molar refractivity (Wildman–Crippen MR) is 110 cm³/mol. The van der Waals surface area contributed by atoms with Crippen LogP contribution in [0.1, 0.15) is 5.56 Å². The highest BCUT2D eigenvalue weighted by Crippen LogP contribution is 2.25. The van der Waals surface area contributed by atoms with Gasteiger partial charge in [0, 0.05) is 19.6 Å².